The summed E-state index contributed by atoms with van der Waals surface area (Å²) >= 11 is 0. The van der Waals surface area contributed by atoms with Gasteiger partial charge in [0.1, 0.15) is 0 Å². The number of rotatable bonds is 7. The quantitative estimate of drug-likeness (QED) is 0.154. The van der Waals surface area contributed by atoms with Crippen molar-refractivity contribution in [3.63, 3.8) is 0 Å². The van der Waals surface area contributed by atoms with Crippen LogP contribution in [0.4, 0.5) is 0 Å². The highest BCUT2D eigenvalue weighted by Gasteiger charge is 2.10. The van der Waals surface area contributed by atoms with Gasteiger partial charge in [0.2, 0.25) is 0 Å². The molecule has 0 aliphatic carbocycles. The van der Waals surface area contributed by atoms with Gasteiger partial charge in [-0.05, 0) is 140 Å². The highest BCUT2D eigenvalue weighted by Crippen LogP contribution is 2.36. The fourth-order valence-corrected chi connectivity index (χ4v) is 7.35. The van der Waals surface area contributed by atoms with Crippen molar-refractivity contribution in [3.8, 4) is 77.9 Å². The van der Waals surface area contributed by atoms with Crippen molar-refractivity contribution in [2.75, 3.05) is 0 Å². The number of benzene rings is 9. The molecule has 56 heavy (non-hydrogen) atoms. The van der Waals surface area contributed by atoms with Crippen LogP contribution >= 0.6 is 0 Å². The molecule has 0 saturated heterocycles. The van der Waals surface area contributed by atoms with Crippen molar-refractivity contribution in [1.82, 2.24) is 0 Å². The second-order valence-corrected chi connectivity index (χ2v) is 14.4. The molecule has 0 heteroatoms. The molecule has 0 aromatic heterocycles. The van der Waals surface area contributed by atoms with Gasteiger partial charge < -0.3 is 0 Å². The normalized spacial score (nSPS) is 10.7. The SMILES string of the molecule is Cc1cc(-c2ccccc2)cc(-c2cc(-c3ccccc3)cc(-c3ccccc3)c2)c1.Cc1cccc(-c2cc(-c3ccccc3)cc(-c3ccccc3)c2)c1. The topological polar surface area (TPSA) is 0 Å². The lowest BCUT2D eigenvalue weighted by atomic mass is 9.91. The largest absolute Gasteiger partial charge is 0.0622 e. The molecule has 9 aromatic carbocycles. The predicted octanol–water partition coefficient (Wildman–Crippen LogP) is 15.7. The van der Waals surface area contributed by atoms with E-state index in [9.17, 15) is 0 Å². The Labute approximate surface area is 332 Å². The van der Waals surface area contributed by atoms with Crippen molar-refractivity contribution in [2.24, 2.45) is 0 Å². The van der Waals surface area contributed by atoms with Crippen molar-refractivity contribution < 1.29 is 0 Å². The van der Waals surface area contributed by atoms with Gasteiger partial charge in [0.25, 0.3) is 0 Å². The average Bonchev–Trinajstić information content (AvgIpc) is 3.27. The molecule has 0 N–H and O–H groups in total. The Morgan fingerprint density at radius 3 is 0.679 bits per heavy atom. The Hall–Kier alpha value is -7.02. The smallest absolute Gasteiger partial charge is 0.0171 e. The molecular formula is C56H44. The summed E-state index contributed by atoms with van der Waals surface area (Å²) in [6.07, 6.45) is 0. The Morgan fingerprint density at radius 2 is 0.375 bits per heavy atom. The van der Waals surface area contributed by atoms with E-state index >= 15 is 0 Å². The third-order valence-electron chi connectivity index (χ3n) is 10.2. The molecule has 0 unspecified atom stereocenters. The molecule has 9 rings (SSSR count). The van der Waals surface area contributed by atoms with E-state index in [1.54, 1.807) is 0 Å². The van der Waals surface area contributed by atoms with Crippen LogP contribution in [0.15, 0.2) is 231 Å². The Kier molecular flexibility index (Phi) is 10.9. The van der Waals surface area contributed by atoms with E-state index < -0.39 is 0 Å². The summed E-state index contributed by atoms with van der Waals surface area (Å²) in [7, 11) is 0. The summed E-state index contributed by atoms with van der Waals surface area (Å²) in [5, 5.41) is 0. The van der Waals surface area contributed by atoms with Crippen LogP contribution in [-0.2, 0) is 0 Å². The molecule has 0 heterocycles. The number of hydrogen-bond acceptors (Lipinski definition) is 0. The second kappa shape index (κ2) is 17.0. The molecule has 0 atom stereocenters. The molecule has 0 bridgehead atoms. The van der Waals surface area contributed by atoms with Gasteiger partial charge >= 0.3 is 0 Å². The van der Waals surface area contributed by atoms with Crippen molar-refractivity contribution in [1.29, 1.82) is 0 Å². The van der Waals surface area contributed by atoms with Gasteiger partial charge in [0.05, 0.1) is 0 Å². The molecule has 268 valence electrons. The molecule has 0 spiro atoms. The lowest BCUT2D eigenvalue weighted by Gasteiger charge is -2.13. The molecule has 9 aromatic rings. The summed E-state index contributed by atoms with van der Waals surface area (Å²) in [6, 6.07) is 82.4. The van der Waals surface area contributed by atoms with Gasteiger partial charge in [-0.3, -0.25) is 0 Å². The molecule has 0 fully saturated rings. The third-order valence-corrected chi connectivity index (χ3v) is 10.2. The fraction of sp³-hybridized carbons (Fsp3) is 0.0357. The van der Waals surface area contributed by atoms with E-state index in [0.29, 0.717) is 0 Å². The first-order valence-corrected chi connectivity index (χ1v) is 19.3. The summed E-state index contributed by atoms with van der Waals surface area (Å²) < 4.78 is 0. The van der Waals surface area contributed by atoms with Crippen LogP contribution in [0, 0.1) is 13.8 Å². The minimum atomic E-state index is 1.23. The monoisotopic (exact) mass is 716 g/mol. The standard InChI is InChI=1S/C31H24.C25H20/c1-23-17-27(24-11-5-2-6-12-24)19-28(18-23)31-21-29(25-13-7-3-8-14-25)20-30(22-31)26-15-9-4-10-16-26;1-19-9-8-14-22(15-19)25-17-23(20-10-4-2-5-11-20)16-24(18-25)21-12-6-3-7-13-21/h2-22H,1H3;2-18H,1H3. The Morgan fingerprint density at radius 1 is 0.161 bits per heavy atom. The minimum Gasteiger partial charge on any atom is -0.0622 e. The third kappa shape index (κ3) is 8.68. The Balaban J connectivity index is 0.000000161. The van der Waals surface area contributed by atoms with Crippen LogP contribution in [0.2, 0.25) is 0 Å². The molecular weight excluding hydrogens is 673 g/mol. The van der Waals surface area contributed by atoms with Gasteiger partial charge in [-0.15, -0.1) is 0 Å². The maximum absolute atomic E-state index is 2.31. The second-order valence-electron chi connectivity index (χ2n) is 14.4. The first-order chi connectivity index (χ1) is 27.6. The zero-order valence-electron chi connectivity index (χ0n) is 31.9. The van der Waals surface area contributed by atoms with Gasteiger partial charge in [0.15, 0.2) is 0 Å². The first-order valence-electron chi connectivity index (χ1n) is 19.3. The first kappa shape index (κ1) is 36.0. The summed E-state index contributed by atoms with van der Waals surface area (Å²) in [5.41, 5.74) is 20.0. The van der Waals surface area contributed by atoms with Crippen molar-refractivity contribution in [3.05, 3.63) is 242 Å². The van der Waals surface area contributed by atoms with Gasteiger partial charge in [-0.1, -0.05) is 194 Å². The van der Waals surface area contributed by atoms with E-state index in [0.717, 1.165) is 0 Å². The summed E-state index contributed by atoms with van der Waals surface area (Å²) in [4.78, 5) is 0. The fourth-order valence-electron chi connectivity index (χ4n) is 7.35. The molecule has 0 radical (unpaired) electrons. The Bertz CT molecular complexity index is 2540. The van der Waals surface area contributed by atoms with Crippen LogP contribution in [0.5, 0.6) is 0 Å². The van der Waals surface area contributed by atoms with Gasteiger partial charge in [-0.2, -0.15) is 0 Å². The zero-order chi connectivity index (χ0) is 38.1. The van der Waals surface area contributed by atoms with Crippen LogP contribution in [-0.4, -0.2) is 0 Å². The van der Waals surface area contributed by atoms with Crippen molar-refractivity contribution in [2.45, 2.75) is 13.8 Å². The highest BCUT2D eigenvalue weighted by atomic mass is 14.1. The van der Waals surface area contributed by atoms with E-state index in [2.05, 4.69) is 244 Å². The predicted molar refractivity (Wildman–Crippen MR) is 240 cm³/mol. The molecule has 0 amide bonds. The number of aryl methyl sites for hydroxylation is 2. The molecule has 0 nitrogen and oxygen atoms in total. The summed E-state index contributed by atoms with van der Waals surface area (Å²) in [6.45, 7) is 4.32. The highest BCUT2D eigenvalue weighted by molar-refractivity contribution is 5.84. The van der Waals surface area contributed by atoms with E-state index in [1.807, 2.05) is 0 Å². The van der Waals surface area contributed by atoms with E-state index in [4.69, 9.17) is 0 Å². The van der Waals surface area contributed by atoms with Crippen LogP contribution < -0.4 is 0 Å². The van der Waals surface area contributed by atoms with Gasteiger partial charge in [0, 0.05) is 0 Å². The lowest BCUT2D eigenvalue weighted by Crippen LogP contribution is -1.88. The number of hydrogen-bond donors (Lipinski definition) is 0. The van der Waals surface area contributed by atoms with Crippen molar-refractivity contribution >= 4 is 0 Å². The zero-order valence-corrected chi connectivity index (χ0v) is 31.9. The molecule has 0 saturated carbocycles. The summed E-state index contributed by atoms with van der Waals surface area (Å²) in [5.74, 6) is 0. The minimum absolute atomic E-state index is 1.23. The van der Waals surface area contributed by atoms with Crippen LogP contribution in [0.25, 0.3) is 77.9 Å². The lowest BCUT2D eigenvalue weighted by molar-refractivity contribution is 1.46. The van der Waals surface area contributed by atoms with Crippen LogP contribution in [0.1, 0.15) is 11.1 Å². The van der Waals surface area contributed by atoms with Crippen LogP contribution in [0.3, 0.4) is 0 Å². The van der Waals surface area contributed by atoms with E-state index in [-0.39, 0.29) is 0 Å². The maximum atomic E-state index is 2.31. The molecule has 0 aliphatic heterocycles. The van der Waals surface area contributed by atoms with Gasteiger partial charge in [-0.25, -0.2) is 0 Å². The molecule has 0 aliphatic rings. The van der Waals surface area contributed by atoms with E-state index in [1.165, 1.54) is 89.0 Å². The maximum Gasteiger partial charge on any atom is -0.0171 e. The average molecular weight is 717 g/mol.